The predicted octanol–water partition coefficient (Wildman–Crippen LogP) is 4.56. The van der Waals surface area contributed by atoms with Crippen LogP contribution in [0.4, 0.5) is 8.78 Å². The molecule has 0 heterocycles. The molecular formula is C18H25F2N. The zero-order valence-electron chi connectivity index (χ0n) is 12.9. The Bertz CT molecular complexity index is 478. The van der Waals surface area contributed by atoms with E-state index < -0.39 is 11.6 Å². The van der Waals surface area contributed by atoms with Gasteiger partial charge in [-0.15, -0.1) is 0 Å². The van der Waals surface area contributed by atoms with E-state index in [4.69, 9.17) is 0 Å². The molecule has 2 aliphatic carbocycles. The highest BCUT2D eigenvalue weighted by Crippen LogP contribution is 2.61. The van der Waals surface area contributed by atoms with Crippen molar-refractivity contribution in [1.29, 1.82) is 0 Å². The summed E-state index contributed by atoms with van der Waals surface area (Å²) in [7, 11) is 0. The van der Waals surface area contributed by atoms with E-state index >= 15 is 0 Å². The van der Waals surface area contributed by atoms with Crippen LogP contribution in [0.3, 0.4) is 0 Å². The Hall–Kier alpha value is -0.960. The average molecular weight is 293 g/mol. The van der Waals surface area contributed by atoms with Gasteiger partial charge < -0.3 is 5.32 Å². The molecular weight excluding hydrogens is 268 g/mol. The Morgan fingerprint density at radius 1 is 1.00 bits per heavy atom. The Balaban J connectivity index is 1.85. The molecule has 2 saturated carbocycles. The van der Waals surface area contributed by atoms with Crippen LogP contribution in [0.1, 0.15) is 57.4 Å². The van der Waals surface area contributed by atoms with Gasteiger partial charge in [0, 0.05) is 18.0 Å². The fourth-order valence-corrected chi connectivity index (χ4v) is 4.69. The fraction of sp³-hybridized carbons (Fsp3) is 0.667. The quantitative estimate of drug-likeness (QED) is 0.858. The zero-order chi connectivity index (χ0) is 14.9. The van der Waals surface area contributed by atoms with Gasteiger partial charge in [0.15, 0.2) is 0 Å². The van der Waals surface area contributed by atoms with Crippen molar-refractivity contribution in [2.45, 2.75) is 57.3 Å². The molecule has 1 spiro atoms. The van der Waals surface area contributed by atoms with Gasteiger partial charge in [0.2, 0.25) is 0 Å². The largest absolute Gasteiger partial charge is 0.316 e. The van der Waals surface area contributed by atoms with E-state index in [1.807, 2.05) is 0 Å². The van der Waals surface area contributed by atoms with Gasteiger partial charge in [-0.05, 0) is 55.3 Å². The molecule has 1 aromatic carbocycles. The molecule has 0 atom stereocenters. The number of rotatable bonds is 4. The van der Waals surface area contributed by atoms with Crippen LogP contribution in [0.2, 0.25) is 0 Å². The predicted molar refractivity (Wildman–Crippen MR) is 81.3 cm³/mol. The van der Waals surface area contributed by atoms with Crippen molar-refractivity contribution in [2.24, 2.45) is 5.41 Å². The molecule has 1 N–H and O–H groups in total. The molecule has 1 aromatic rings. The third-order valence-electron chi connectivity index (χ3n) is 5.53. The van der Waals surface area contributed by atoms with Crippen molar-refractivity contribution >= 4 is 0 Å². The molecule has 0 unspecified atom stereocenters. The van der Waals surface area contributed by atoms with Gasteiger partial charge in [-0.25, -0.2) is 8.78 Å². The molecule has 2 aliphatic rings. The minimum atomic E-state index is -0.453. The van der Waals surface area contributed by atoms with Crippen LogP contribution in [0, 0.1) is 17.0 Å². The number of benzene rings is 1. The third kappa shape index (κ3) is 2.85. The molecule has 116 valence electrons. The lowest BCUT2D eigenvalue weighted by Crippen LogP contribution is -2.55. The van der Waals surface area contributed by atoms with Crippen molar-refractivity contribution < 1.29 is 8.78 Å². The minimum absolute atomic E-state index is 0.0731. The Morgan fingerprint density at radius 3 is 2.19 bits per heavy atom. The fourth-order valence-electron chi connectivity index (χ4n) is 4.69. The maximum absolute atomic E-state index is 13.6. The van der Waals surface area contributed by atoms with Crippen molar-refractivity contribution in [3.63, 3.8) is 0 Å². The molecule has 0 aromatic heterocycles. The first kappa shape index (κ1) is 15.0. The van der Waals surface area contributed by atoms with E-state index in [1.165, 1.54) is 44.2 Å². The lowest BCUT2D eigenvalue weighted by Gasteiger charge is -2.59. The van der Waals surface area contributed by atoms with Crippen LogP contribution < -0.4 is 5.32 Å². The molecule has 2 fully saturated rings. The SMILES string of the molecule is CCNCC1(c2cc(F)cc(F)c2)CC2(CCCCC2)C1. The summed E-state index contributed by atoms with van der Waals surface area (Å²) in [4.78, 5) is 0. The van der Waals surface area contributed by atoms with Crippen molar-refractivity contribution in [1.82, 2.24) is 5.32 Å². The highest BCUT2D eigenvalue weighted by molar-refractivity contribution is 5.33. The second-order valence-electron chi connectivity index (χ2n) is 7.13. The second-order valence-corrected chi connectivity index (χ2v) is 7.13. The summed E-state index contributed by atoms with van der Waals surface area (Å²) in [6.07, 6.45) is 8.71. The number of nitrogens with one attached hydrogen (secondary N) is 1. The lowest BCUT2D eigenvalue weighted by molar-refractivity contribution is -0.0128. The maximum atomic E-state index is 13.6. The zero-order valence-corrected chi connectivity index (χ0v) is 12.9. The molecule has 1 nitrogen and oxygen atoms in total. The average Bonchev–Trinajstić information content (AvgIpc) is 2.42. The Labute approximate surface area is 126 Å². The van der Waals surface area contributed by atoms with Gasteiger partial charge in [-0.2, -0.15) is 0 Å². The summed E-state index contributed by atoms with van der Waals surface area (Å²) in [5.74, 6) is -0.907. The summed E-state index contributed by atoms with van der Waals surface area (Å²) in [5, 5.41) is 3.41. The summed E-state index contributed by atoms with van der Waals surface area (Å²) >= 11 is 0. The number of hydrogen-bond donors (Lipinski definition) is 1. The van der Waals surface area contributed by atoms with Gasteiger partial charge in [-0.1, -0.05) is 26.2 Å². The van der Waals surface area contributed by atoms with Crippen LogP contribution in [-0.2, 0) is 5.41 Å². The van der Waals surface area contributed by atoms with Gasteiger partial charge >= 0.3 is 0 Å². The van der Waals surface area contributed by atoms with E-state index in [0.717, 1.165) is 37.6 Å². The van der Waals surface area contributed by atoms with Crippen LogP contribution in [-0.4, -0.2) is 13.1 Å². The van der Waals surface area contributed by atoms with E-state index in [1.54, 1.807) is 0 Å². The maximum Gasteiger partial charge on any atom is 0.126 e. The van der Waals surface area contributed by atoms with E-state index in [2.05, 4.69) is 12.2 Å². The standard InChI is InChI=1S/C18H25F2N/c1-2-21-13-18(14-8-15(19)10-16(20)9-14)11-17(12-18)6-4-3-5-7-17/h8-10,21H,2-7,11-13H2,1H3. The van der Waals surface area contributed by atoms with Crippen molar-refractivity contribution in [3.8, 4) is 0 Å². The molecule has 3 heteroatoms. The van der Waals surface area contributed by atoms with Crippen molar-refractivity contribution in [3.05, 3.63) is 35.4 Å². The first-order valence-corrected chi connectivity index (χ1v) is 8.25. The smallest absolute Gasteiger partial charge is 0.126 e. The van der Waals surface area contributed by atoms with E-state index in [-0.39, 0.29) is 5.41 Å². The molecule has 21 heavy (non-hydrogen) atoms. The first-order valence-electron chi connectivity index (χ1n) is 8.25. The minimum Gasteiger partial charge on any atom is -0.316 e. The summed E-state index contributed by atoms with van der Waals surface area (Å²) < 4.78 is 27.2. The van der Waals surface area contributed by atoms with Gasteiger partial charge in [0.05, 0.1) is 0 Å². The summed E-state index contributed by atoms with van der Waals surface area (Å²) in [6.45, 7) is 3.80. The summed E-state index contributed by atoms with van der Waals surface area (Å²) in [6, 6.07) is 4.05. The molecule has 0 amide bonds. The normalized spacial score (nSPS) is 23.0. The lowest BCUT2D eigenvalue weighted by atomic mass is 9.46. The van der Waals surface area contributed by atoms with Crippen LogP contribution in [0.15, 0.2) is 18.2 Å². The Morgan fingerprint density at radius 2 is 1.62 bits per heavy atom. The first-order chi connectivity index (χ1) is 10.1. The highest BCUT2D eigenvalue weighted by Gasteiger charge is 2.54. The van der Waals surface area contributed by atoms with E-state index in [9.17, 15) is 8.78 Å². The molecule has 0 radical (unpaired) electrons. The topological polar surface area (TPSA) is 12.0 Å². The van der Waals surface area contributed by atoms with Gasteiger partial charge in [0.25, 0.3) is 0 Å². The van der Waals surface area contributed by atoms with Gasteiger partial charge in [0.1, 0.15) is 11.6 Å². The van der Waals surface area contributed by atoms with E-state index in [0.29, 0.717) is 5.41 Å². The number of hydrogen-bond acceptors (Lipinski definition) is 1. The third-order valence-corrected chi connectivity index (χ3v) is 5.53. The molecule has 3 rings (SSSR count). The van der Waals surface area contributed by atoms with Crippen LogP contribution in [0.25, 0.3) is 0 Å². The number of likely N-dealkylation sites (N-methyl/N-ethyl adjacent to an activating group) is 1. The molecule has 0 aliphatic heterocycles. The van der Waals surface area contributed by atoms with Crippen LogP contribution >= 0.6 is 0 Å². The molecule has 0 bridgehead atoms. The Kier molecular flexibility index (Phi) is 4.04. The number of halogens is 2. The second kappa shape index (κ2) is 5.68. The summed E-state index contributed by atoms with van der Waals surface area (Å²) in [5.41, 5.74) is 1.21. The van der Waals surface area contributed by atoms with Crippen LogP contribution in [0.5, 0.6) is 0 Å². The molecule has 0 saturated heterocycles. The van der Waals surface area contributed by atoms with Gasteiger partial charge in [-0.3, -0.25) is 0 Å². The highest BCUT2D eigenvalue weighted by atomic mass is 19.1. The van der Waals surface area contributed by atoms with Crippen molar-refractivity contribution in [2.75, 3.05) is 13.1 Å². The monoisotopic (exact) mass is 293 g/mol.